The van der Waals surface area contributed by atoms with Crippen molar-refractivity contribution in [2.24, 2.45) is 17.7 Å². The lowest BCUT2D eigenvalue weighted by molar-refractivity contribution is 0.268. The first-order valence-electron chi connectivity index (χ1n) is 7.75. The van der Waals surface area contributed by atoms with Gasteiger partial charge in [0.25, 0.3) is 0 Å². The number of para-hydroxylation sites is 1. The van der Waals surface area contributed by atoms with Crippen LogP contribution in [0.2, 0.25) is 0 Å². The fourth-order valence-electron chi connectivity index (χ4n) is 3.20. The standard InChI is InChI=1S/C16H23N5/c1-11-6-2-3-7-12(11)10-18-15-13-8-4-5-9-14(13)19-16(20-15)21-17/h4-5,8-9,11-12H,2-3,6-7,10,17H2,1H3,(H2,18,19,20,21). The zero-order valence-electron chi connectivity index (χ0n) is 12.5. The molecular formula is C16H23N5. The Morgan fingerprint density at radius 3 is 2.81 bits per heavy atom. The van der Waals surface area contributed by atoms with Crippen LogP contribution in [-0.4, -0.2) is 16.5 Å². The van der Waals surface area contributed by atoms with E-state index in [1.807, 2.05) is 24.3 Å². The van der Waals surface area contributed by atoms with E-state index in [2.05, 4.69) is 27.6 Å². The van der Waals surface area contributed by atoms with Crippen LogP contribution in [0.1, 0.15) is 32.6 Å². The highest BCUT2D eigenvalue weighted by Crippen LogP contribution is 2.30. The number of benzene rings is 1. The summed E-state index contributed by atoms with van der Waals surface area (Å²) in [4.78, 5) is 8.85. The van der Waals surface area contributed by atoms with E-state index < -0.39 is 0 Å². The quantitative estimate of drug-likeness (QED) is 0.594. The molecule has 1 aliphatic carbocycles. The number of fused-ring (bicyclic) bond motifs is 1. The Kier molecular flexibility index (Phi) is 4.20. The fraction of sp³-hybridized carbons (Fsp3) is 0.500. The highest BCUT2D eigenvalue weighted by molar-refractivity contribution is 5.89. The first-order chi connectivity index (χ1) is 10.3. The van der Waals surface area contributed by atoms with Gasteiger partial charge in [-0.05, 0) is 30.4 Å². The van der Waals surface area contributed by atoms with E-state index in [0.717, 1.165) is 35.1 Å². The Hall–Kier alpha value is -1.88. The van der Waals surface area contributed by atoms with Gasteiger partial charge in [0.1, 0.15) is 5.82 Å². The molecule has 5 nitrogen and oxygen atoms in total. The van der Waals surface area contributed by atoms with Crippen LogP contribution in [-0.2, 0) is 0 Å². The molecule has 0 bridgehead atoms. The highest BCUT2D eigenvalue weighted by Gasteiger charge is 2.21. The number of anilines is 2. The summed E-state index contributed by atoms with van der Waals surface area (Å²) in [5, 5.41) is 4.56. The molecule has 0 aliphatic heterocycles. The minimum absolute atomic E-state index is 0.452. The van der Waals surface area contributed by atoms with Crippen molar-refractivity contribution in [2.75, 3.05) is 17.3 Å². The number of nitrogens with zero attached hydrogens (tertiary/aromatic N) is 2. The third-order valence-corrected chi connectivity index (χ3v) is 4.55. The largest absolute Gasteiger partial charge is 0.369 e. The summed E-state index contributed by atoms with van der Waals surface area (Å²) in [6.07, 6.45) is 5.36. The first-order valence-corrected chi connectivity index (χ1v) is 7.75. The van der Waals surface area contributed by atoms with Gasteiger partial charge in [-0.3, -0.25) is 5.43 Å². The second-order valence-electron chi connectivity index (χ2n) is 5.96. The molecule has 1 fully saturated rings. The molecule has 21 heavy (non-hydrogen) atoms. The van der Waals surface area contributed by atoms with Crippen molar-refractivity contribution in [3.63, 3.8) is 0 Å². The van der Waals surface area contributed by atoms with Gasteiger partial charge >= 0.3 is 0 Å². The maximum atomic E-state index is 5.47. The summed E-state index contributed by atoms with van der Waals surface area (Å²) in [5.41, 5.74) is 3.45. The van der Waals surface area contributed by atoms with Gasteiger partial charge in [0.2, 0.25) is 5.95 Å². The average molecular weight is 285 g/mol. The van der Waals surface area contributed by atoms with Crippen LogP contribution in [0, 0.1) is 11.8 Å². The van der Waals surface area contributed by atoms with E-state index in [0.29, 0.717) is 5.95 Å². The summed E-state index contributed by atoms with van der Waals surface area (Å²) in [7, 11) is 0. The summed E-state index contributed by atoms with van der Waals surface area (Å²) >= 11 is 0. The molecular weight excluding hydrogens is 262 g/mol. The first kappa shape index (κ1) is 14.1. The van der Waals surface area contributed by atoms with Crippen LogP contribution in [0.15, 0.2) is 24.3 Å². The fourth-order valence-corrected chi connectivity index (χ4v) is 3.20. The van der Waals surface area contributed by atoms with E-state index in [9.17, 15) is 0 Å². The van der Waals surface area contributed by atoms with Crippen molar-refractivity contribution in [3.05, 3.63) is 24.3 Å². The number of rotatable bonds is 4. The Morgan fingerprint density at radius 2 is 2.00 bits per heavy atom. The molecule has 1 heterocycles. The zero-order chi connectivity index (χ0) is 14.7. The molecule has 5 heteroatoms. The van der Waals surface area contributed by atoms with E-state index >= 15 is 0 Å². The molecule has 2 atom stereocenters. The van der Waals surface area contributed by atoms with Crippen molar-refractivity contribution in [2.45, 2.75) is 32.6 Å². The van der Waals surface area contributed by atoms with E-state index in [1.165, 1.54) is 25.7 Å². The van der Waals surface area contributed by atoms with Gasteiger partial charge in [0, 0.05) is 11.9 Å². The molecule has 4 N–H and O–H groups in total. The van der Waals surface area contributed by atoms with Crippen LogP contribution in [0.3, 0.4) is 0 Å². The molecule has 0 spiro atoms. The van der Waals surface area contributed by atoms with E-state index in [-0.39, 0.29) is 0 Å². The van der Waals surface area contributed by atoms with Crippen molar-refractivity contribution in [1.82, 2.24) is 9.97 Å². The van der Waals surface area contributed by atoms with Crippen LogP contribution >= 0.6 is 0 Å². The molecule has 2 unspecified atom stereocenters. The smallest absolute Gasteiger partial charge is 0.239 e. The molecule has 2 aromatic rings. The lowest BCUT2D eigenvalue weighted by Gasteiger charge is -2.29. The second kappa shape index (κ2) is 6.26. The molecule has 112 valence electrons. The Balaban J connectivity index is 1.82. The number of nitrogens with two attached hydrogens (primary N) is 1. The van der Waals surface area contributed by atoms with Gasteiger partial charge in [0.15, 0.2) is 0 Å². The monoisotopic (exact) mass is 285 g/mol. The predicted octanol–water partition coefficient (Wildman–Crippen LogP) is 3.15. The highest BCUT2D eigenvalue weighted by atomic mass is 15.3. The van der Waals surface area contributed by atoms with Crippen molar-refractivity contribution < 1.29 is 0 Å². The molecule has 1 aliphatic rings. The SMILES string of the molecule is CC1CCCCC1CNc1nc(NN)nc2ccccc12. The maximum Gasteiger partial charge on any atom is 0.239 e. The van der Waals surface area contributed by atoms with Crippen molar-refractivity contribution in [3.8, 4) is 0 Å². The van der Waals surface area contributed by atoms with Gasteiger partial charge < -0.3 is 5.32 Å². The summed E-state index contributed by atoms with van der Waals surface area (Å²) in [5.74, 6) is 8.29. The average Bonchev–Trinajstić information content (AvgIpc) is 2.53. The zero-order valence-corrected chi connectivity index (χ0v) is 12.5. The van der Waals surface area contributed by atoms with Crippen molar-refractivity contribution in [1.29, 1.82) is 0 Å². The Morgan fingerprint density at radius 1 is 1.19 bits per heavy atom. The van der Waals surface area contributed by atoms with Crippen LogP contribution in [0.25, 0.3) is 10.9 Å². The second-order valence-corrected chi connectivity index (χ2v) is 5.96. The molecule has 0 amide bonds. The third-order valence-electron chi connectivity index (χ3n) is 4.55. The van der Waals surface area contributed by atoms with Gasteiger partial charge in [0.05, 0.1) is 5.52 Å². The Bertz CT molecular complexity index is 613. The molecule has 0 saturated heterocycles. The number of aromatic nitrogens is 2. The number of nitrogens with one attached hydrogen (secondary N) is 2. The number of hydrazine groups is 1. The van der Waals surface area contributed by atoms with E-state index in [4.69, 9.17) is 5.84 Å². The third kappa shape index (κ3) is 3.08. The maximum absolute atomic E-state index is 5.47. The van der Waals surface area contributed by atoms with E-state index in [1.54, 1.807) is 0 Å². The molecule has 1 saturated carbocycles. The number of hydrogen-bond donors (Lipinski definition) is 3. The summed E-state index contributed by atoms with van der Waals surface area (Å²) in [6, 6.07) is 8.01. The molecule has 3 rings (SSSR count). The lowest BCUT2D eigenvalue weighted by Crippen LogP contribution is -2.25. The van der Waals surface area contributed by atoms with Gasteiger partial charge in [-0.15, -0.1) is 0 Å². The van der Waals surface area contributed by atoms with Crippen molar-refractivity contribution >= 4 is 22.7 Å². The number of hydrogen-bond acceptors (Lipinski definition) is 5. The Labute approximate surface area is 125 Å². The minimum Gasteiger partial charge on any atom is -0.369 e. The normalized spacial score (nSPS) is 22.2. The number of nitrogen functional groups attached to an aromatic ring is 1. The molecule has 1 aromatic carbocycles. The summed E-state index contributed by atoms with van der Waals surface area (Å²) < 4.78 is 0. The van der Waals surface area contributed by atoms with Gasteiger partial charge in [-0.2, -0.15) is 4.98 Å². The van der Waals surface area contributed by atoms with Crippen LogP contribution in [0.4, 0.5) is 11.8 Å². The molecule has 1 aromatic heterocycles. The predicted molar refractivity (Wildman–Crippen MR) is 87.0 cm³/mol. The van der Waals surface area contributed by atoms with Crippen LogP contribution in [0.5, 0.6) is 0 Å². The minimum atomic E-state index is 0.452. The lowest BCUT2D eigenvalue weighted by atomic mass is 9.80. The van der Waals surface area contributed by atoms with Crippen LogP contribution < -0.4 is 16.6 Å². The van der Waals surface area contributed by atoms with Gasteiger partial charge in [-0.1, -0.05) is 38.3 Å². The summed E-state index contributed by atoms with van der Waals surface area (Å²) in [6.45, 7) is 3.32. The topological polar surface area (TPSA) is 75.9 Å². The molecule has 0 radical (unpaired) electrons. The van der Waals surface area contributed by atoms with Gasteiger partial charge in [-0.25, -0.2) is 10.8 Å².